The fraction of sp³-hybridized carbons (Fsp3) is 0.389. The Hall–Kier alpha value is -1.98. The minimum atomic E-state index is 0.471. The van der Waals surface area contributed by atoms with E-state index < -0.39 is 0 Å². The molecule has 3 aromatic rings. The zero-order valence-electron chi connectivity index (χ0n) is 13.5. The number of hydrogen-bond donors (Lipinski definition) is 0. The van der Waals surface area contributed by atoms with E-state index in [0.29, 0.717) is 6.04 Å². The number of fused-ring (bicyclic) bond motifs is 1. The first-order valence-corrected chi connectivity index (χ1v) is 8.77. The lowest BCUT2D eigenvalue weighted by Gasteiger charge is -2.35. The zero-order valence-corrected chi connectivity index (χ0v) is 14.2. The molecule has 3 heterocycles. The van der Waals surface area contributed by atoms with Crippen molar-refractivity contribution in [1.29, 1.82) is 0 Å². The van der Waals surface area contributed by atoms with Gasteiger partial charge in [-0.2, -0.15) is 5.10 Å². The lowest BCUT2D eigenvalue weighted by atomic mass is 10.0. The number of hydrogen-bond acceptors (Lipinski definition) is 4. The molecule has 6 heteroatoms. The van der Waals surface area contributed by atoms with Gasteiger partial charge in [0.25, 0.3) is 0 Å². The number of benzene rings is 1. The number of rotatable bonds is 4. The first-order valence-electron chi connectivity index (χ1n) is 8.39. The third-order valence-corrected chi connectivity index (χ3v) is 4.95. The van der Waals surface area contributed by atoms with Crippen LogP contribution >= 0.6 is 11.6 Å². The summed E-state index contributed by atoms with van der Waals surface area (Å²) in [5, 5.41) is 6.14. The van der Waals surface area contributed by atoms with Gasteiger partial charge in [0.15, 0.2) is 0 Å². The van der Waals surface area contributed by atoms with E-state index in [4.69, 9.17) is 11.6 Å². The summed E-state index contributed by atoms with van der Waals surface area (Å²) in [6.07, 6.45) is 8.93. The molecule has 5 nitrogen and oxygen atoms in total. The Labute approximate surface area is 146 Å². The van der Waals surface area contributed by atoms with Crippen molar-refractivity contribution >= 4 is 22.5 Å². The second kappa shape index (κ2) is 6.87. The van der Waals surface area contributed by atoms with Crippen molar-refractivity contribution < 1.29 is 0 Å². The van der Waals surface area contributed by atoms with E-state index in [1.165, 1.54) is 24.8 Å². The van der Waals surface area contributed by atoms with Crippen LogP contribution < -0.4 is 0 Å². The van der Waals surface area contributed by atoms with Crippen LogP contribution in [0.4, 0.5) is 0 Å². The maximum atomic E-state index is 6.32. The predicted molar refractivity (Wildman–Crippen MR) is 94.8 cm³/mol. The Morgan fingerprint density at radius 3 is 3.08 bits per heavy atom. The molecule has 0 bridgehead atoms. The summed E-state index contributed by atoms with van der Waals surface area (Å²) in [4.78, 5) is 11.2. The summed E-state index contributed by atoms with van der Waals surface area (Å²) in [5.74, 6) is 0. The van der Waals surface area contributed by atoms with Gasteiger partial charge in [-0.05, 0) is 43.1 Å². The van der Waals surface area contributed by atoms with Gasteiger partial charge in [-0.25, -0.2) is 4.98 Å². The van der Waals surface area contributed by atoms with Gasteiger partial charge >= 0.3 is 0 Å². The van der Waals surface area contributed by atoms with Crippen LogP contribution in [0, 0.1) is 0 Å². The average molecular weight is 342 g/mol. The largest absolute Gasteiger partial charge is 0.294 e. The molecular formula is C18H20ClN5. The number of piperidine rings is 1. The minimum absolute atomic E-state index is 0.471. The van der Waals surface area contributed by atoms with Crippen LogP contribution in [0.5, 0.6) is 0 Å². The van der Waals surface area contributed by atoms with Gasteiger partial charge in [0.2, 0.25) is 0 Å². The molecule has 4 rings (SSSR count). The Kier molecular flexibility index (Phi) is 4.45. The Balaban J connectivity index is 1.60. The average Bonchev–Trinajstić information content (AvgIpc) is 3.09. The van der Waals surface area contributed by atoms with E-state index in [9.17, 15) is 0 Å². The maximum Gasteiger partial charge on any atom is 0.137 e. The summed E-state index contributed by atoms with van der Waals surface area (Å²) in [5.41, 5.74) is 2.25. The smallest absolute Gasteiger partial charge is 0.137 e. The molecule has 0 amide bonds. The fourth-order valence-electron chi connectivity index (χ4n) is 3.58. The third-order valence-electron chi connectivity index (χ3n) is 4.74. The van der Waals surface area contributed by atoms with Crippen LogP contribution in [0.2, 0.25) is 5.02 Å². The number of halogens is 1. The Morgan fingerprint density at radius 2 is 2.21 bits per heavy atom. The molecule has 1 atom stereocenters. The first kappa shape index (κ1) is 15.5. The van der Waals surface area contributed by atoms with Gasteiger partial charge < -0.3 is 0 Å². The number of pyridine rings is 1. The topological polar surface area (TPSA) is 46.8 Å². The van der Waals surface area contributed by atoms with E-state index in [0.717, 1.165) is 35.6 Å². The second-order valence-electron chi connectivity index (χ2n) is 6.38. The van der Waals surface area contributed by atoms with Crippen LogP contribution in [-0.2, 0) is 13.1 Å². The molecule has 0 N–H and O–H groups in total. The molecule has 2 aromatic heterocycles. The summed E-state index contributed by atoms with van der Waals surface area (Å²) >= 11 is 6.32. The molecule has 0 radical (unpaired) electrons. The molecule has 1 aliphatic heterocycles. The molecule has 1 aliphatic rings. The zero-order chi connectivity index (χ0) is 16.4. The maximum absolute atomic E-state index is 6.32. The van der Waals surface area contributed by atoms with Crippen LogP contribution in [-0.4, -0.2) is 37.2 Å². The van der Waals surface area contributed by atoms with Crippen LogP contribution in [0.3, 0.4) is 0 Å². The molecule has 1 fully saturated rings. The van der Waals surface area contributed by atoms with Gasteiger partial charge in [0, 0.05) is 29.2 Å². The summed E-state index contributed by atoms with van der Waals surface area (Å²) in [6.45, 7) is 2.85. The molecular weight excluding hydrogens is 322 g/mol. The van der Waals surface area contributed by atoms with Crippen molar-refractivity contribution in [2.75, 3.05) is 6.54 Å². The van der Waals surface area contributed by atoms with Crippen molar-refractivity contribution in [2.45, 2.75) is 38.4 Å². The molecule has 0 unspecified atom stereocenters. The SMILES string of the molecule is Clc1cc(CN2CCCC[C@H]2Cn2cncn2)c2ncccc2c1. The van der Waals surface area contributed by atoms with Gasteiger partial charge in [-0.1, -0.05) is 24.1 Å². The van der Waals surface area contributed by atoms with Crippen molar-refractivity contribution in [3.63, 3.8) is 0 Å². The molecule has 1 aromatic carbocycles. The molecule has 0 spiro atoms. The van der Waals surface area contributed by atoms with Crippen molar-refractivity contribution in [1.82, 2.24) is 24.6 Å². The first-order chi connectivity index (χ1) is 11.8. The van der Waals surface area contributed by atoms with Crippen LogP contribution in [0.25, 0.3) is 10.9 Å². The minimum Gasteiger partial charge on any atom is -0.294 e. The number of aromatic nitrogens is 4. The lowest BCUT2D eigenvalue weighted by molar-refractivity contribution is 0.122. The molecule has 24 heavy (non-hydrogen) atoms. The number of likely N-dealkylation sites (tertiary alicyclic amines) is 1. The van der Waals surface area contributed by atoms with Crippen molar-refractivity contribution in [2.24, 2.45) is 0 Å². The third kappa shape index (κ3) is 3.28. The van der Waals surface area contributed by atoms with Crippen molar-refractivity contribution in [3.05, 3.63) is 53.7 Å². The summed E-state index contributed by atoms with van der Waals surface area (Å²) in [6, 6.07) is 8.53. The normalized spacial score (nSPS) is 19.0. The van der Waals surface area contributed by atoms with Gasteiger partial charge in [-0.3, -0.25) is 14.6 Å². The van der Waals surface area contributed by atoms with E-state index in [2.05, 4.69) is 32.1 Å². The van der Waals surface area contributed by atoms with Gasteiger partial charge in [0.05, 0.1) is 12.1 Å². The highest BCUT2D eigenvalue weighted by molar-refractivity contribution is 6.31. The Morgan fingerprint density at radius 1 is 1.25 bits per heavy atom. The summed E-state index contributed by atoms with van der Waals surface area (Å²) < 4.78 is 1.93. The summed E-state index contributed by atoms with van der Waals surface area (Å²) in [7, 11) is 0. The molecule has 1 saturated heterocycles. The second-order valence-corrected chi connectivity index (χ2v) is 6.81. The van der Waals surface area contributed by atoms with Crippen LogP contribution in [0.1, 0.15) is 24.8 Å². The lowest BCUT2D eigenvalue weighted by Crippen LogP contribution is -2.41. The molecule has 0 saturated carbocycles. The fourth-order valence-corrected chi connectivity index (χ4v) is 3.83. The standard InChI is InChI=1S/C18H20ClN5/c19-16-8-14-4-3-6-21-18(14)15(9-16)10-23-7-2-1-5-17(23)11-24-13-20-12-22-24/h3-4,6,8-9,12-13,17H,1-2,5,7,10-11H2/t17-/m0/s1. The van der Waals surface area contributed by atoms with E-state index in [1.54, 1.807) is 12.7 Å². The highest BCUT2D eigenvalue weighted by Crippen LogP contribution is 2.26. The monoisotopic (exact) mass is 341 g/mol. The highest BCUT2D eigenvalue weighted by atomic mass is 35.5. The van der Waals surface area contributed by atoms with Gasteiger partial charge in [0.1, 0.15) is 12.7 Å². The van der Waals surface area contributed by atoms with E-state index in [1.807, 2.05) is 23.0 Å². The van der Waals surface area contributed by atoms with E-state index >= 15 is 0 Å². The highest BCUT2D eigenvalue weighted by Gasteiger charge is 2.24. The van der Waals surface area contributed by atoms with Crippen molar-refractivity contribution in [3.8, 4) is 0 Å². The van der Waals surface area contributed by atoms with Crippen LogP contribution in [0.15, 0.2) is 43.1 Å². The molecule has 0 aliphatic carbocycles. The Bertz CT molecular complexity index is 817. The molecule has 124 valence electrons. The predicted octanol–water partition coefficient (Wildman–Crippen LogP) is 3.53. The quantitative estimate of drug-likeness (QED) is 0.728. The van der Waals surface area contributed by atoms with E-state index in [-0.39, 0.29) is 0 Å². The van der Waals surface area contributed by atoms with Gasteiger partial charge in [-0.15, -0.1) is 0 Å². The number of nitrogens with zero attached hydrogens (tertiary/aromatic N) is 5.